The summed E-state index contributed by atoms with van der Waals surface area (Å²) in [7, 11) is 0. The van der Waals surface area contributed by atoms with E-state index in [1.807, 2.05) is 0 Å². The molecular weight excluding hydrogens is 482 g/mol. The Morgan fingerprint density at radius 1 is 0.821 bits per heavy atom. The van der Waals surface area contributed by atoms with Crippen molar-refractivity contribution in [1.29, 1.82) is 0 Å². The van der Waals surface area contributed by atoms with Gasteiger partial charge in [0, 0.05) is 22.1 Å². The number of aromatic amines is 2. The fourth-order valence-corrected chi connectivity index (χ4v) is 6.75. The second-order valence-corrected chi connectivity index (χ2v) is 10.8. The first-order chi connectivity index (χ1) is 18.8. The fourth-order valence-electron chi connectivity index (χ4n) is 6.75. The summed E-state index contributed by atoms with van der Waals surface area (Å²) < 4.78 is 0. The predicted octanol–water partition coefficient (Wildman–Crippen LogP) is 5.87. The molecule has 0 saturated carbocycles. The molecule has 2 atom stereocenters. The van der Waals surface area contributed by atoms with Gasteiger partial charge >= 0.3 is 0 Å². The first-order valence-corrected chi connectivity index (χ1v) is 14.4. The van der Waals surface area contributed by atoms with E-state index >= 15 is 0 Å². The lowest BCUT2D eigenvalue weighted by molar-refractivity contribution is 0.319. The van der Waals surface area contributed by atoms with Crippen LogP contribution < -0.4 is 10.7 Å². The zero-order chi connectivity index (χ0) is 28.0. The lowest BCUT2D eigenvalue weighted by Gasteiger charge is -2.20. The third kappa shape index (κ3) is 4.30. The molecule has 8 bridgehead atoms. The van der Waals surface area contributed by atoms with E-state index in [4.69, 9.17) is 9.98 Å². The molecule has 0 saturated heterocycles. The number of fused-ring (bicyclic) bond motifs is 6. The van der Waals surface area contributed by atoms with E-state index in [1.165, 1.54) is 44.5 Å². The molecule has 3 N–H and O–H groups in total. The molecule has 204 valence electrons. The van der Waals surface area contributed by atoms with Crippen LogP contribution in [0.2, 0.25) is 0 Å². The number of hydrogen-bond donors (Lipinski definition) is 3. The first kappa shape index (κ1) is 26.9. The van der Waals surface area contributed by atoms with Gasteiger partial charge in [0.05, 0.1) is 35.3 Å². The number of aromatic nitrogens is 2. The zero-order valence-electron chi connectivity index (χ0n) is 24.6. The van der Waals surface area contributed by atoms with Gasteiger partial charge in [-0.3, -0.25) is 4.99 Å². The molecule has 2 aromatic rings. The molecule has 5 heterocycles. The third-order valence-corrected chi connectivity index (χ3v) is 8.98. The zero-order valence-corrected chi connectivity index (χ0v) is 24.6. The summed E-state index contributed by atoms with van der Waals surface area (Å²) in [6, 6.07) is -0.141. The van der Waals surface area contributed by atoms with Gasteiger partial charge in [-0.1, -0.05) is 27.7 Å². The summed E-state index contributed by atoms with van der Waals surface area (Å²) >= 11 is 0. The summed E-state index contributed by atoms with van der Waals surface area (Å²) in [5, 5.41) is 15.6. The molecular formula is C33H41N5O. The largest absolute Gasteiger partial charge is 0.411 e. The van der Waals surface area contributed by atoms with E-state index < -0.39 is 0 Å². The monoisotopic (exact) mass is 523 g/mol. The number of H-pyrrole nitrogens is 2. The van der Waals surface area contributed by atoms with Crippen LogP contribution >= 0.6 is 0 Å². The number of nitrogens with zero attached hydrogens (tertiary/aromatic N) is 3. The minimum Gasteiger partial charge on any atom is -0.411 e. The summed E-state index contributed by atoms with van der Waals surface area (Å²) in [5.41, 5.74) is 15.2. The van der Waals surface area contributed by atoms with Crippen molar-refractivity contribution in [1.82, 2.24) is 9.97 Å². The Morgan fingerprint density at radius 3 is 2.21 bits per heavy atom. The van der Waals surface area contributed by atoms with E-state index in [0.717, 1.165) is 64.9 Å². The number of hydrogen-bond acceptors (Lipinski definition) is 4. The molecule has 39 heavy (non-hydrogen) atoms. The minimum absolute atomic E-state index is 0.141. The Balaban J connectivity index is 1.90. The van der Waals surface area contributed by atoms with Crippen molar-refractivity contribution in [3.8, 4) is 0 Å². The van der Waals surface area contributed by atoms with Gasteiger partial charge < -0.3 is 15.2 Å². The van der Waals surface area contributed by atoms with Crippen molar-refractivity contribution in [2.75, 3.05) is 0 Å². The van der Waals surface area contributed by atoms with Crippen LogP contribution in [0.1, 0.15) is 93.9 Å². The highest BCUT2D eigenvalue weighted by Gasteiger charge is 2.34. The molecule has 3 aliphatic rings. The minimum atomic E-state index is -0.207. The van der Waals surface area contributed by atoms with Gasteiger partial charge in [-0.25, -0.2) is 4.99 Å². The van der Waals surface area contributed by atoms with E-state index in [0.29, 0.717) is 0 Å². The molecule has 2 unspecified atom stereocenters. The lowest BCUT2D eigenvalue weighted by atomic mass is 9.87. The van der Waals surface area contributed by atoms with Gasteiger partial charge in [0.15, 0.2) is 0 Å². The van der Waals surface area contributed by atoms with Crippen molar-refractivity contribution < 1.29 is 5.21 Å². The molecule has 3 aliphatic heterocycles. The Bertz CT molecular complexity index is 1650. The van der Waals surface area contributed by atoms with Gasteiger partial charge in [0.25, 0.3) is 0 Å². The molecule has 0 aliphatic carbocycles. The summed E-state index contributed by atoms with van der Waals surface area (Å²) in [6.07, 6.45) is 11.9. The highest BCUT2D eigenvalue weighted by atomic mass is 16.4. The third-order valence-electron chi connectivity index (χ3n) is 8.98. The Morgan fingerprint density at radius 2 is 1.56 bits per heavy atom. The second kappa shape index (κ2) is 10.5. The highest BCUT2D eigenvalue weighted by Crippen LogP contribution is 2.38. The van der Waals surface area contributed by atoms with Gasteiger partial charge in [-0.05, 0) is 116 Å². The number of oxime groups is 1. The van der Waals surface area contributed by atoms with E-state index in [2.05, 4.69) is 88.7 Å². The number of aliphatic imine (C=N–C) groups is 2. The summed E-state index contributed by atoms with van der Waals surface area (Å²) in [6.45, 7) is 17.5. The normalized spacial score (nSPS) is 20.9. The summed E-state index contributed by atoms with van der Waals surface area (Å²) in [5.74, 6) is -0.207. The van der Waals surface area contributed by atoms with Crippen LogP contribution in [0.25, 0.3) is 12.2 Å². The van der Waals surface area contributed by atoms with Crippen molar-refractivity contribution in [2.45, 2.75) is 93.0 Å². The highest BCUT2D eigenvalue weighted by molar-refractivity contribution is 6.23. The molecule has 0 amide bonds. The molecule has 5 rings (SSSR count). The van der Waals surface area contributed by atoms with Crippen LogP contribution in [0.3, 0.4) is 0 Å². The predicted molar refractivity (Wildman–Crippen MR) is 163 cm³/mol. The van der Waals surface area contributed by atoms with Crippen LogP contribution in [0.15, 0.2) is 49.2 Å². The number of nitrogens with one attached hydrogen (secondary N) is 2. The van der Waals surface area contributed by atoms with Gasteiger partial charge in [0.1, 0.15) is 0 Å². The quantitative estimate of drug-likeness (QED) is 0.256. The van der Waals surface area contributed by atoms with Crippen LogP contribution in [0.5, 0.6) is 0 Å². The maximum Gasteiger partial charge on any atom is 0.0856 e. The van der Waals surface area contributed by atoms with Crippen LogP contribution in [0, 0.1) is 13.8 Å². The Kier molecular flexibility index (Phi) is 7.23. The van der Waals surface area contributed by atoms with Gasteiger partial charge in [-0.15, -0.1) is 5.16 Å². The SMILES string of the molecule is CCC1=C(C)C2=NC1=CC1=NC(C(CC)=C1C)C(/C=N/O)c1[nH]c(c(CC)c1C)C=c1[nH]c(c(CC)c1C)=C2. The first-order valence-electron chi connectivity index (χ1n) is 14.4. The molecule has 0 spiro atoms. The molecule has 0 fully saturated rings. The summed E-state index contributed by atoms with van der Waals surface area (Å²) in [4.78, 5) is 17.9. The fraction of sp³-hybridized carbons (Fsp3) is 0.424. The average Bonchev–Trinajstić information content (AvgIpc) is 3.59. The molecule has 0 aromatic carbocycles. The van der Waals surface area contributed by atoms with E-state index in [1.54, 1.807) is 6.21 Å². The average molecular weight is 524 g/mol. The van der Waals surface area contributed by atoms with E-state index in [9.17, 15) is 5.21 Å². The van der Waals surface area contributed by atoms with Crippen LogP contribution in [-0.4, -0.2) is 38.9 Å². The Labute approximate surface area is 231 Å². The number of allylic oxidation sites excluding steroid dienone is 4. The van der Waals surface area contributed by atoms with Crippen LogP contribution in [0.4, 0.5) is 0 Å². The Hall–Kier alpha value is -3.67. The standard InChI is InChI=1S/C33H41N5O/c1-9-21-18(6)27-14-31-23(11-3)20(8)32(38-31)25(16-34-39)33-24(12-4)19(7)28(37-33)15-30-22(10-2)17(5)26(35-30)13-29(21)36-27/h13-16,25,33,36,38-39H,9-12H2,1-8H3/b27-14?,29-13?,30-15?,34-16+. The maximum atomic E-state index is 9.77. The number of rotatable bonds is 5. The van der Waals surface area contributed by atoms with Crippen molar-refractivity contribution >= 4 is 29.8 Å². The molecule has 6 heteroatoms. The molecule has 6 nitrogen and oxygen atoms in total. The van der Waals surface area contributed by atoms with E-state index in [-0.39, 0.29) is 12.0 Å². The van der Waals surface area contributed by atoms with Gasteiger partial charge in [0.2, 0.25) is 0 Å². The van der Waals surface area contributed by atoms with Crippen molar-refractivity contribution in [2.24, 2.45) is 15.1 Å². The van der Waals surface area contributed by atoms with Crippen molar-refractivity contribution in [3.63, 3.8) is 0 Å². The lowest BCUT2D eigenvalue weighted by Crippen LogP contribution is -2.20. The van der Waals surface area contributed by atoms with Gasteiger partial charge in [-0.2, -0.15) is 0 Å². The molecule has 0 radical (unpaired) electrons. The smallest absolute Gasteiger partial charge is 0.0856 e. The van der Waals surface area contributed by atoms with Crippen LogP contribution in [-0.2, 0) is 12.8 Å². The molecule has 2 aromatic heterocycles. The van der Waals surface area contributed by atoms with Crippen molar-refractivity contribution in [3.05, 3.63) is 78.4 Å². The topological polar surface area (TPSA) is 88.9 Å². The maximum absolute atomic E-state index is 9.77. The second-order valence-electron chi connectivity index (χ2n) is 10.8.